The molecule has 0 aliphatic heterocycles. The van der Waals surface area contributed by atoms with Gasteiger partial charge >= 0.3 is 0 Å². The summed E-state index contributed by atoms with van der Waals surface area (Å²) >= 11 is 0. The number of benzene rings is 2. The van der Waals surface area contributed by atoms with E-state index >= 15 is 0 Å². The van der Waals surface area contributed by atoms with E-state index in [-0.39, 0.29) is 24.4 Å². The van der Waals surface area contributed by atoms with Crippen molar-refractivity contribution < 1.29 is 4.79 Å². The molecular formula is C26H27ClN6O. The van der Waals surface area contributed by atoms with Crippen LogP contribution in [0.15, 0.2) is 85.3 Å². The highest BCUT2D eigenvalue weighted by Crippen LogP contribution is 2.31. The number of rotatable bonds is 8. The number of pyridine rings is 1. The Morgan fingerprint density at radius 1 is 1.00 bits per heavy atom. The van der Waals surface area contributed by atoms with Crippen molar-refractivity contribution in [1.29, 1.82) is 0 Å². The molecule has 1 atom stereocenters. The Morgan fingerprint density at radius 2 is 1.76 bits per heavy atom. The minimum Gasteiger partial charge on any atom is -0.353 e. The number of halogens is 1. The lowest BCUT2D eigenvalue weighted by Gasteiger charge is -2.15. The molecule has 7 nitrogen and oxygen atoms in total. The molecule has 2 heterocycles. The number of nitrogens with two attached hydrogens (primary N) is 1. The summed E-state index contributed by atoms with van der Waals surface area (Å²) in [5.41, 5.74) is 11.7. The third-order valence-electron chi connectivity index (χ3n) is 5.10. The van der Waals surface area contributed by atoms with Crippen LogP contribution in [-0.4, -0.2) is 33.4 Å². The zero-order chi connectivity index (χ0) is 23.0. The molecule has 34 heavy (non-hydrogen) atoms. The number of hydrogen-bond donors (Lipinski definition) is 3. The predicted octanol–water partition coefficient (Wildman–Crippen LogP) is 4.57. The topological polar surface area (TPSA) is 106 Å². The minimum atomic E-state index is -0.121. The number of hydrogen-bond acceptors (Lipinski definition) is 6. The van der Waals surface area contributed by atoms with Crippen LogP contribution in [0, 0.1) is 0 Å². The van der Waals surface area contributed by atoms with Crippen LogP contribution in [0.4, 0.5) is 11.6 Å². The summed E-state index contributed by atoms with van der Waals surface area (Å²) in [4.78, 5) is 24.9. The number of nitrogens with one attached hydrogen (secondary N) is 2. The molecule has 4 rings (SSSR count). The van der Waals surface area contributed by atoms with Crippen molar-refractivity contribution in [1.82, 2.24) is 15.0 Å². The smallest absolute Gasteiger partial charge is 0.223 e. The van der Waals surface area contributed by atoms with Gasteiger partial charge in [0.25, 0.3) is 0 Å². The second-order valence-corrected chi connectivity index (χ2v) is 7.78. The number of aromatic nitrogens is 3. The van der Waals surface area contributed by atoms with E-state index in [1.54, 1.807) is 18.6 Å². The van der Waals surface area contributed by atoms with E-state index in [1.165, 1.54) is 12.5 Å². The van der Waals surface area contributed by atoms with Crippen LogP contribution < -0.4 is 16.4 Å². The molecule has 0 radical (unpaired) electrons. The Labute approximate surface area is 205 Å². The SMILES string of the molecule is CC(=O)Nc1cccc(-c2cnc(NC[C@@H](N)Cc3ccccc3)nc2-c2ccncc2)c1.Cl. The maximum atomic E-state index is 11.5. The van der Waals surface area contributed by atoms with Crippen molar-refractivity contribution >= 4 is 29.9 Å². The average molecular weight is 475 g/mol. The van der Waals surface area contributed by atoms with Crippen LogP contribution in [0.3, 0.4) is 0 Å². The Hall–Kier alpha value is -3.81. The lowest BCUT2D eigenvalue weighted by molar-refractivity contribution is -0.114. The molecule has 0 bridgehead atoms. The van der Waals surface area contributed by atoms with E-state index in [1.807, 2.05) is 54.6 Å². The quantitative estimate of drug-likeness (QED) is 0.345. The van der Waals surface area contributed by atoms with Gasteiger partial charge in [0.15, 0.2) is 0 Å². The lowest BCUT2D eigenvalue weighted by atomic mass is 10.0. The van der Waals surface area contributed by atoms with Crippen molar-refractivity contribution in [2.75, 3.05) is 17.2 Å². The maximum absolute atomic E-state index is 11.5. The molecule has 174 valence electrons. The number of carbonyl (C=O) groups excluding carboxylic acids is 1. The third kappa shape index (κ3) is 6.60. The van der Waals surface area contributed by atoms with Crippen LogP contribution in [0.2, 0.25) is 0 Å². The van der Waals surface area contributed by atoms with Gasteiger partial charge in [0.2, 0.25) is 11.9 Å². The van der Waals surface area contributed by atoms with E-state index in [0.29, 0.717) is 12.5 Å². The molecule has 8 heteroatoms. The molecule has 4 aromatic rings. The molecule has 0 saturated carbocycles. The number of amides is 1. The van der Waals surface area contributed by atoms with Crippen LogP contribution in [0.5, 0.6) is 0 Å². The lowest BCUT2D eigenvalue weighted by Crippen LogP contribution is -2.31. The third-order valence-corrected chi connectivity index (χ3v) is 5.10. The standard InChI is InChI=1S/C26H26N6O.ClH/c1-18(33)31-23-9-5-8-21(15-23)24-17-30-26(32-25(24)20-10-12-28-13-11-20)29-16-22(27)14-19-6-3-2-4-7-19;/h2-13,15,17,22H,14,16,27H2,1H3,(H,31,33)(H,29,30,32);1H/t22-;/m0./s1. The molecule has 0 fully saturated rings. The molecule has 0 unspecified atom stereocenters. The summed E-state index contributed by atoms with van der Waals surface area (Å²) in [7, 11) is 0. The number of nitrogens with zero attached hydrogens (tertiary/aromatic N) is 3. The number of anilines is 2. The highest BCUT2D eigenvalue weighted by atomic mass is 35.5. The fourth-order valence-corrected chi connectivity index (χ4v) is 3.59. The van der Waals surface area contributed by atoms with Crippen LogP contribution >= 0.6 is 12.4 Å². The maximum Gasteiger partial charge on any atom is 0.223 e. The van der Waals surface area contributed by atoms with Gasteiger partial charge in [-0.2, -0.15) is 0 Å². The monoisotopic (exact) mass is 474 g/mol. The van der Waals surface area contributed by atoms with Crippen LogP contribution in [-0.2, 0) is 11.2 Å². The van der Waals surface area contributed by atoms with Gasteiger partial charge in [0.05, 0.1) is 5.69 Å². The van der Waals surface area contributed by atoms with Gasteiger partial charge in [-0.25, -0.2) is 9.97 Å². The van der Waals surface area contributed by atoms with E-state index in [0.717, 1.165) is 34.5 Å². The minimum absolute atomic E-state index is 0. The Morgan fingerprint density at radius 3 is 2.50 bits per heavy atom. The predicted molar refractivity (Wildman–Crippen MR) is 139 cm³/mol. The van der Waals surface area contributed by atoms with Crippen LogP contribution in [0.1, 0.15) is 12.5 Å². The Balaban J connectivity index is 0.00000324. The number of carbonyl (C=O) groups is 1. The highest BCUT2D eigenvalue weighted by Gasteiger charge is 2.13. The summed E-state index contributed by atoms with van der Waals surface area (Å²) < 4.78 is 0. The normalized spacial score (nSPS) is 11.2. The molecule has 1 amide bonds. The summed E-state index contributed by atoms with van der Waals surface area (Å²) in [5, 5.41) is 6.09. The van der Waals surface area contributed by atoms with Crippen molar-refractivity contribution in [3.8, 4) is 22.4 Å². The van der Waals surface area contributed by atoms with Gasteiger partial charge in [0.1, 0.15) is 0 Å². The molecule has 2 aromatic heterocycles. The van der Waals surface area contributed by atoms with E-state index in [9.17, 15) is 4.79 Å². The van der Waals surface area contributed by atoms with Crippen molar-refractivity contribution in [2.45, 2.75) is 19.4 Å². The summed E-state index contributed by atoms with van der Waals surface area (Å²) in [5.74, 6) is 0.385. The van der Waals surface area contributed by atoms with E-state index in [2.05, 4.69) is 32.7 Å². The molecular weight excluding hydrogens is 448 g/mol. The molecule has 2 aromatic carbocycles. The zero-order valence-electron chi connectivity index (χ0n) is 18.8. The molecule has 0 saturated heterocycles. The Bertz CT molecular complexity index is 1220. The first-order valence-corrected chi connectivity index (χ1v) is 10.8. The van der Waals surface area contributed by atoms with Gasteiger partial charge < -0.3 is 16.4 Å². The van der Waals surface area contributed by atoms with Crippen molar-refractivity contribution in [2.24, 2.45) is 5.73 Å². The fraction of sp³-hybridized carbons (Fsp3) is 0.154. The van der Waals surface area contributed by atoms with Gasteiger partial charge in [0, 0.05) is 54.9 Å². The van der Waals surface area contributed by atoms with Crippen LogP contribution in [0.25, 0.3) is 22.4 Å². The molecule has 4 N–H and O–H groups in total. The summed E-state index contributed by atoms with van der Waals surface area (Å²) in [6.07, 6.45) is 6.02. The largest absolute Gasteiger partial charge is 0.353 e. The van der Waals surface area contributed by atoms with Gasteiger partial charge in [-0.1, -0.05) is 42.5 Å². The molecule has 0 aliphatic carbocycles. The fourth-order valence-electron chi connectivity index (χ4n) is 3.59. The molecule has 0 spiro atoms. The van der Waals surface area contributed by atoms with Crippen molar-refractivity contribution in [3.05, 3.63) is 90.9 Å². The second-order valence-electron chi connectivity index (χ2n) is 7.78. The van der Waals surface area contributed by atoms with E-state index in [4.69, 9.17) is 10.7 Å². The van der Waals surface area contributed by atoms with Crippen molar-refractivity contribution in [3.63, 3.8) is 0 Å². The average Bonchev–Trinajstić information content (AvgIpc) is 2.83. The summed E-state index contributed by atoms with van der Waals surface area (Å²) in [6.45, 7) is 2.03. The zero-order valence-corrected chi connectivity index (χ0v) is 19.6. The first-order valence-electron chi connectivity index (χ1n) is 10.8. The van der Waals surface area contributed by atoms with Gasteiger partial charge in [-0.05, 0) is 41.8 Å². The van der Waals surface area contributed by atoms with Gasteiger partial charge in [-0.3, -0.25) is 9.78 Å². The first kappa shape index (κ1) is 24.8. The Kier molecular flexibility index (Phi) is 8.67. The molecule has 0 aliphatic rings. The summed E-state index contributed by atoms with van der Waals surface area (Å²) in [6, 6.07) is 21.5. The van der Waals surface area contributed by atoms with Gasteiger partial charge in [-0.15, -0.1) is 12.4 Å². The second kappa shape index (κ2) is 11.9. The highest BCUT2D eigenvalue weighted by molar-refractivity contribution is 5.90. The first-order chi connectivity index (χ1) is 16.1. The van der Waals surface area contributed by atoms with E-state index < -0.39 is 0 Å².